The minimum atomic E-state index is -0.136. The van der Waals surface area contributed by atoms with Crippen LogP contribution in [0.25, 0.3) is 0 Å². The molecular formula is C14H19NO5. The largest absolute Gasteiger partial charge is 0.493 e. The molecule has 1 heterocycles. The van der Waals surface area contributed by atoms with E-state index in [-0.39, 0.29) is 19.3 Å². The van der Waals surface area contributed by atoms with Gasteiger partial charge in [0.15, 0.2) is 11.5 Å². The van der Waals surface area contributed by atoms with Crippen LogP contribution in [0.1, 0.15) is 18.4 Å². The topological polar surface area (TPSA) is 68.2 Å². The van der Waals surface area contributed by atoms with E-state index in [1.165, 1.54) is 0 Å². The van der Waals surface area contributed by atoms with E-state index < -0.39 is 0 Å². The maximum atomic E-state index is 11.4. The molecule has 0 fully saturated rings. The maximum absolute atomic E-state index is 11.4. The van der Waals surface area contributed by atoms with Crippen molar-refractivity contribution in [1.82, 2.24) is 4.90 Å². The summed E-state index contributed by atoms with van der Waals surface area (Å²) in [6, 6.07) is 3.42. The fraction of sp³-hybridized carbons (Fsp3) is 0.500. The molecule has 0 aliphatic carbocycles. The number of carbonyl (C=O) groups excluding carboxylic acids is 1. The predicted molar refractivity (Wildman–Crippen MR) is 71.9 cm³/mol. The SMILES string of the molecule is CN(C)C(=O)CCCOc1cc2c(cc1CO)OCO2. The lowest BCUT2D eigenvalue weighted by Gasteiger charge is -2.12. The number of hydrogen-bond donors (Lipinski definition) is 1. The first-order valence-electron chi connectivity index (χ1n) is 6.48. The van der Waals surface area contributed by atoms with E-state index >= 15 is 0 Å². The zero-order chi connectivity index (χ0) is 14.5. The standard InChI is InChI=1S/C14H19NO5/c1-15(2)14(17)4-3-5-18-11-7-13-12(19-9-20-13)6-10(11)8-16/h6-7,16H,3-5,8-9H2,1-2H3. The van der Waals surface area contributed by atoms with Crippen LogP contribution >= 0.6 is 0 Å². The summed E-state index contributed by atoms with van der Waals surface area (Å²) in [5.74, 6) is 1.86. The summed E-state index contributed by atoms with van der Waals surface area (Å²) >= 11 is 0. The molecule has 0 aromatic heterocycles. The van der Waals surface area contributed by atoms with Crippen molar-refractivity contribution in [3.8, 4) is 17.2 Å². The van der Waals surface area contributed by atoms with Crippen molar-refractivity contribution >= 4 is 5.91 Å². The van der Waals surface area contributed by atoms with Crippen LogP contribution in [0.3, 0.4) is 0 Å². The van der Waals surface area contributed by atoms with Gasteiger partial charge in [-0.05, 0) is 12.5 Å². The first-order chi connectivity index (χ1) is 9.61. The van der Waals surface area contributed by atoms with Crippen LogP contribution in [0.15, 0.2) is 12.1 Å². The number of amides is 1. The van der Waals surface area contributed by atoms with Crippen molar-refractivity contribution in [2.75, 3.05) is 27.5 Å². The Labute approximate surface area is 117 Å². The molecule has 1 aromatic carbocycles. The summed E-state index contributed by atoms with van der Waals surface area (Å²) in [4.78, 5) is 13.0. The van der Waals surface area contributed by atoms with E-state index in [0.29, 0.717) is 42.3 Å². The third kappa shape index (κ3) is 3.33. The van der Waals surface area contributed by atoms with Crippen LogP contribution in [0.2, 0.25) is 0 Å². The van der Waals surface area contributed by atoms with Crippen LogP contribution < -0.4 is 14.2 Å². The number of carbonyl (C=O) groups is 1. The van der Waals surface area contributed by atoms with Gasteiger partial charge >= 0.3 is 0 Å². The second kappa shape index (κ2) is 6.47. The quantitative estimate of drug-likeness (QED) is 0.792. The summed E-state index contributed by atoms with van der Waals surface area (Å²) in [6.45, 7) is 0.454. The van der Waals surface area contributed by atoms with Gasteiger partial charge in [-0.1, -0.05) is 0 Å². The first kappa shape index (κ1) is 14.5. The summed E-state index contributed by atoms with van der Waals surface area (Å²) < 4.78 is 16.1. The molecule has 6 heteroatoms. The van der Waals surface area contributed by atoms with Crippen molar-refractivity contribution in [3.63, 3.8) is 0 Å². The average molecular weight is 281 g/mol. The highest BCUT2D eigenvalue weighted by molar-refractivity contribution is 5.75. The third-order valence-corrected chi connectivity index (χ3v) is 3.02. The molecule has 1 aliphatic heterocycles. The van der Waals surface area contributed by atoms with Crippen molar-refractivity contribution in [1.29, 1.82) is 0 Å². The molecule has 1 aliphatic rings. The van der Waals surface area contributed by atoms with Gasteiger partial charge in [0.05, 0.1) is 13.2 Å². The van der Waals surface area contributed by atoms with E-state index in [0.717, 1.165) is 0 Å². The zero-order valence-corrected chi connectivity index (χ0v) is 11.7. The van der Waals surface area contributed by atoms with Crippen LogP contribution in [0, 0.1) is 0 Å². The number of fused-ring (bicyclic) bond motifs is 1. The van der Waals surface area contributed by atoms with Gasteiger partial charge in [-0.3, -0.25) is 4.79 Å². The van der Waals surface area contributed by atoms with Crippen molar-refractivity contribution in [2.24, 2.45) is 0 Å². The molecule has 0 saturated heterocycles. The lowest BCUT2D eigenvalue weighted by atomic mass is 10.2. The molecule has 0 saturated carbocycles. The second-order valence-electron chi connectivity index (χ2n) is 4.71. The molecule has 6 nitrogen and oxygen atoms in total. The van der Waals surface area contributed by atoms with E-state index in [1.807, 2.05) is 0 Å². The Hall–Kier alpha value is -1.95. The number of ether oxygens (including phenoxy) is 3. The van der Waals surface area contributed by atoms with Crippen molar-refractivity contribution in [2.45, 2.75) is 19.4 Å². The summed E-state index contributed by atoms with van der Waals surface area (Å²) in [6.07, 6.45) is 1.06. The van der Waals surface area contributed by atoms with Gasteiger partial charge in [0.25, 0.3) is 0 Å². The van der Waals surface area contributed by atoms with Crippen molar-refractivity contribution < 1.29 is 24.1 Å². The molecular weight excluding hydrogens is 262 g/mol. The number of aliphatic hydroxyl groups excluding tert-OH is 1. The molecule has 0 atom stereocenters. The molecule has 0 radical (unpaired) electrons. The van der Waals surface area contributed by atoms with Gasteiger partial charge < -0.3 is 24.2 Å². The van der Waals surface area contributed by atoms with Crippen molar-refractivity contribution in [3.05, 3.63) is 17.7 Å². The number of rotatable bonds is 6. The highest BCUT2D eigenvalue weighted by Gasteiger charge is 2.17. The van der Waals surface area contributed by atoms with Gasteiger partial charge in [-0.15, -0.1) is 0 Å². The summed E-state index contributed by atoms with van der Waals surface area (Å²) in [5.41, 5.74) is 0.646. The monoisotopic (exact) mass is 281 g/mol. The molecule has 0 spiro atoms. The Bertz CT molecular complexity index is 487. The van der Waals surface area contributed by atoms with E-state index in [9.17, 15) is 9.90 Å². The Morgan fingerprint density at radius 1 is 1.35 bits per heavy atom. The van der Waals surface area contributed by atoms with Gasteiger partial charge in [-0.25, -0.2) is 0 Å². The third-order valence-electron chi connectivity index (χ3n) is 3.02. The lowest BCUT2D eigenvalue weighted by molar-refractivity contribution is -0.128. The molecule has 2 rings (SSSR count). The lowest BCUT2D eigenvalue weighted by Crippen LogP contribution is -2.21. The fourth-order valence-electron chi connectivity index (χ4n) is 1.85. The molecule has 1 aromatic rings. The Morgan fingerprint density at radius 2 is 2.05 bits per heavy atom. The second-order valence-corrected chi connectivity index (χ2v) is 4.71. The van der Waals surface area contributed by atoms with Gasteiger partial charge in [0, 0.05) is 32.1 Å². The molecule has 0 bridgehead atoms. The Morgan fingerprint density at radius 3 is 2.70 bits per heavy atom. The van der Waals surface area contributed by atoms with Crippen LogP contribution in [-0.4, -0.2) is 43.4 Å². The van der Waals surface area contributed by atoms with Gasteiger partial charge in [0.1, 0.15) is 5.75 Å². The fourth-order valence-corrected chi connectivity index (χ4v) is 1.85. The Balaban J connectivity index is 1.91. The van der Waals surface area contributed by atoms with Gasteiger partial charge in [-0.2, -0.15) is 0 Å². The normalized spacial score (nSPS) is 12.3. The number of hydrogen-bond acceptors (Lipinski definition) is 5. The first-order valence-corrected chi connectivity index (χ1v) is 6.48. The van der Waals surface area contributed by atoms with Crippen LogP contribution in [-0.2, 0) is 11.4 Å². The molecule has 0 unspecified atom stereocenters. The minimum Gasteiger partial charge on any atom is -0.493 e. The van der Waals surface area contributed by atoms with Gasteiger partial charge in [0.2, 0.25) is 12.7 Å². The van der Waals surface area contributed by atoms with Crippen LogP contribution in [0.4, 0.5) is 0 Å². The predicted octanol–water partition coefficient (Wildman–Crippen LogP) is 1.15. The summed E-state index contributed by atoms with van der Waals surface area (Å²) in [5, 5.41) is 9.33. The van der Waals surface area contributed by atoms with E-state index in [2.05, 4.69) is 0 Å². The molecule has 110 valence electrons. The van der Waals surface area contributed by atoms with E-state index in [4.69, 9.17) is 14.2 Å². The highest BCUT2D eigenvalue weighted by atomic mass is 16.7. The average Bonchev–Trinajstić information content (AvgIpc) is 2.89. The number of aliphatic hydroxyl groups is 1. The molecule has 1 N–H and O–H groups in total. The zero-order valence-electron chi connectivity index (χ0n) is 11.7. The smallest absolute Gasteiger partial charge is 0.231 e. The van der Waals surface area contributed by atoms with E-state index in [1.54, 1.807) is 31.1 Å². The minimum absolute atomic E-state index is 0.0710. The number of nitrogens with zero attached hydrogens (tertiary/aromatic N) is 1. The Kier molecular flexibility index (Phi) is 4.68. The molecule has 20 heavy (non-hydrogen) atoms. The summed E-state index contributed by atoms with van der Waals surface area (Å²) in [7, 11) is 3.45. The van der Waals surface area contributed by atoms with Crippen LogP contribution in [0.5, 0.6) is 17.2 Å². The number of benzene rings is 1. The highest BCUT2D eigenvalue weighted by Crippen LogP contribution is 2.38. The maximum Gasteiger partial charge on any atom is 0.231 e. The molecule has 1 amide bonds.